The summed E-state index contributed by atoms with van der Waals surface area (Å²) in [7, 11) is 0. The normalized spacial score (nSPS) is 10.7. The highest BCUT2D eigenvalue weighted by Gasteiger charge is 2.26. The van der Waals surface area contributed by atoms with Crippen molar-refractivity contribution >= 4 is 33.8 Å². The molecule has 0 unspecified atom stereocenters. The summed E-state index contributed by atoms with van der Waals surface area (Å²) in [6.45, 7) is 7.54. The van der Waals surface area contributed by atoms with Crippen LogP contribution in [0.4, 0.5) is 10.7 Å². The maximum Gasteiger partial charge on any atom is 0.260 e. The van der Waals surface area contributed by atoms with Crippen LogP contribution in [0.25, 0.3) is 0 Å². The Morgan fingerprint density at radius 2 is 1.84 bits per heavy atom. The molecule has 6 nitrogen and oxygen atoms in total. The predicted octanol–water partition coefficient (Wildman–Crippen LogP) is 1.01. The van der Waals surface area contributed by atoms with E-state index in [0.29, 0.717) is 17.5 Å². The molecule has 19 heavy (non-hydrogen) atoms. The zero-order valence-corrected chi connectivity index (χ0v) is 12.2. The van der Waals surface area contributed by atoms with E-state index in [1.165, 1.54) is 0 Å². The summed E-state index contributed by atoms with van der Waals surface area (Å²) < 4.78 is 0. The van der Waals surface area contributed by atoms with Gasteiger partial charge < -0.3 is 22.1 Å². The molecule has 6 N–H and O–H groups in total. The number of nitrogens with two attached hydrogens (primary N) is 3. The van der Waals surface area contributed by atoms with Gasteiger partial charge in [0.1, 0.15) is 9.88 Å². The number of hydrogen-bond acceptors (Lipinski definition) is 5. The Morgan fingerprint density at radius 1 is 1.26 bits per heavy atom. The van der Waals surface area contributed by atoms with Gasteiger partial charge in [-0.3, -0.25) is 9.59 Å². The Balaban J connectivity index is 3.35. The Morgan fingerprint density at radius 3 is 2.21 bits per heavy atom. The van der Waals surface area contributed by atoms with Crippen molar-refractivity contribution < 1.29 is 9.59 Å². The molecule has 1 rings (SSSR count). The molecule has 0 bridgehead atoms. The van der Waals surface area contributed by atoms with Gasteiger partial charge in [0, 0.05) is 13.1 Å². The number of nitrogens with zero attached hydrogens (tertiary/aromatic N) is 1. The Kier molecular flexibility index (Phi) is 4.77. The third-order valence-electron chi connectivity index (χ3n) is 2.65. The fourth-order valence-corrected chi connectivity index (χ4v) is 3.02. The molecule has 2 amide bonds. The number of carbonyl (C=O) groups is 2. The maximum atomic E-state index is 11.6. The van der Waals surface area contributed by atoms with Gasteiger partial charge in [0.15, 0.2) is 0 Å². The zero-order valence-electron chi connectivity index (χ0n) is 11.4. The lowest BCUT2D eigenvalue weighted by Crippen LogP contribution is -2.28. The third kappa shape index (κ3) is 3.17. The summed E-state index contributed by atoms with van der Waals surface area (Å²) in [6.07, 6.45) is 0. The highest BCUT2D eigenvalue weighted by atomic mass is 32.1. The maximum absolute atomic E-state index is 11.6. The van der Waals surface area contributed by atoms with E-state index in [-0.39, 0.29) is 16.1 Å². The largest absolute Gasteiger partial charge is 0.397 e. The minimum Gasteiger partial charge on any atom is -0.397 e. The van der Waals surface area contributed by atoms with Gasteiger partial charge in [-0.25, -0.2) is 0 Å². The smallest absolute Gasteiger partial charge is 0.260 e. The second kappa shape index (κ2) is 5.92. The summed E-state index contributed by atoms with van der Waals surface area (Å²) in [6, 6.07) is 0. The second-order valence-electron chi connectivity index (χ2n) is 4.69. The quantitative estimate of drug-likeness (QED) is 0.723. The van der Waals surface area contributed by atoms with Crippen molar-refractivity contribution in [2.24, 2.45) is 17.4 Å². The van der Waals surface area contributed by atoms with Crippen molar-refractivity contribution in [2.45, 2.75) is 20.8 Å². The number of nitrogen functional groups attached to an aromatic ring is 1. The molecule has 0 aliphatic carbocycles. The van der Waals surface area contributed by atoms with Crippen molar-refractivity contribution in [1.82, 2.24) is 0 Å². The van der Waals surface area contributed by atoms with E-state index < -0.39 is 11.8 Å². The van der Waals surface area contributed by atoms with Gasteiger partial charge in [-0.2, -0.15) is 0 Å². The molecule has 0 saturated heterocycles. The van der Waals surface area contributed by atoms with Crippen LogP contribution in [0.3, 0.4) is 0 Å². The van der Waals surface area contributed by atoms with E-state index in [1.54, 1.807) is 0 Å². The lowest BCUT2D eigenvalue weighted by molar-refractivity contribution is 0.0999. The molecular weight excluding hydrogens is 264 g/mol. The molecule has 0 radical (unpaired) electrons. The van der Waals surface area contributed by atoms with Gasteiger partial charge in [-0.05, 0) is 12.8 Å². The first-order valence-corrected chi connectivity index (χ1v) is 6.88. The Bertz CT molecular complexity index is 496. The first-order chi connectivity index (χ1) is 8.79. The van der Waals surface area contributed by atoms with E-state index in [4.69, 9.17) is 17.2 Å². The fourth-order valence-electron chi connectivity index (χ4n) is 1.87. The first kappa shape index (κ1) is 15.3. The Hall–Kier alpha value is -1.76. The topological polar surface area (TPSA) is 115 Å². The number of anilines is 2. The van der Waals surface area contributed by atoms with E-state index in [9.17, 15) is 9.59 Å². The summed E-state index contributed by atoms with van der Waals surface area (Å²) in [4.78, 5) is 25.1. The van der Waals surface area contributed by atoms with Crippen LogP contribution in [-0.2, 0) is 0 Å². The van der Waals surface area contributed by atoms with Crippen molar-refractivity contribution in [3.05, 3.63) is 10.4 Å². The number of rotatable bonds is 6. The number of primary amides is 2. The summed E-state index contributed by atoms with van der Waals surface area (Å²) >= 11 is 1.12. The van der Waals surface area contributed by atoms with Gasteiger partial charge in [0.05, 0.1) is 11.3 Å². The molecule has 0 aromatic carbocycles. The van der Waals surface area contributed by atoms with Gasteiger partial charge in [0.2, 0.25) is 0 Å². The lowest BCUT2D eigenvalue weighted by atomic mass is 10.1. The molecule has 0 aliphatic heterocycles. The summed E-state index contributed by atoms with van der Waals surface area (Å²) in [5.74, 6) is -0.878. The molecule has 0 fully saturated rings. The predicted molar refractivity (Wildman–Crippen MR) is 78.5 cm³/mol. The zero-order chi connectivity index (χ0) is 14.7. The monoisotopic (exact) mass is 284 g/mol. The van der Waals surface area contributed by atoms with E-state index in [2.05, 4.69) is 13.8 Å². The molecule has 7 heteroatoms. The van der Waals surface area contributed by atoms with Crippen LogP contribution >= 0.6 is 11.3 Å². The van der Waals surface area contributed by atoms with Crippen molar-refractivity contribution in [1.29, 1.82) is 0 Å². The molecule has 1 heterocycles. The molecular formula is C12H20N4O2S. The number of thiophene rings is 1. The molecule has 0 saturated carbocycles. The van der Waals surface area contributed by atoms with Gasteiger partial charge in [0.25, 0.3) is 11.8 Å². The highest BCUT2D eigenvalue weighted by molar-refractivity contribution is 7.19. The summed E-state index contributed by atoms with van der Waals surface area (Å²) in [5, 5.41) is 0.620. The molecule has 0 aliphatic rings. The molecule has 1 aromatic rings. The van der Waals surface area contributed by atoms with E-state index in [0.717, 1.165) is 17.9 Å². The minimum absolute atomic E-state index is 0.0854. The van der Waals surface area contributed by atoms with Crippen LogP contribution in [0, 0.1) is 5.92 Å². The van der Waals surface area contributed by atoms with Crippen LogP contribution in [0.5, 0.6) is 0 Å². The number of amides is 2. The average molecular weight is 284 g/mol. The number of hydrogen-bond donors (Lipinski definition) is 3. The third-order valence-corrected chi connectivity index (χ3v) is 3.93. The molecule has 0 atom stereocenters. The highest BCUT2D eigenvalue weighted by Crippen LogP contribution is 2.38. The Labute approximate surface area is 116 Å². The lowest BCUT2D eigenvalue weighted by Gasteiger charge is -2.24. The van der Waals surface area contributed by atoms with Crippen molar-refractivity contribution in [3.63, 3.8) is 0 Å². The second-order valence-corrected chi connectivity index (χ2v) is 5.69. The molecule has 1 aromatic heterocycles. The van der Waals surface area contributed by atoms with E-state index >= 15 is 0 Å². The molecule has 106 valence electrons. The fraction of sp³-hybridized carbons (Fsp3) is 0.500. The number of carbonyl (C=O) groups excluding carboxylic acids is 2. The van der Waals surface area contributed by atoms with Crippen molar-refractivity contribution in [2.75, 3.05) is 23.7 Å². The van der Waals surface area contributed by atoms with Crippen molar-refractivity contribution in [3.8, 4) is 0 Å². The van der Waals surface area contributed by atoms with Crippen LogP contribution in [0.15, 0.2) is 0 Å². The van der Waals surface area contributed by atoms with Gasteiger partial charge in [-0.1, -0.05) is 13.8 Å². The minimum atomic E-state index is -0.642. The van der Waals surface area contributed by atoms with E-state index in [1.807, 2.05) is 11.8 Å². The standard InChI is InChI=1S/C12H20N4O2S/c1-4-16(5-6(2)3)12-7(10(14)17)8(13)9(19-12)11(15)18/h6H,4-5,13H2,1-3H3,(H2,14,17)(H2,15,18). The average Bonchev–Trinajstić information content (AvgIpc) is 2.63. The van der Waals surface area contributed by atoms with Crippen LogP contribution in [-0.4, -0.2) is 24.9 Å². The molecule has 0 spiro atoms. The SMILES string of the molecule is CCN(CC(C)C)c1sc(C(N)=O)c(N)c1C(N)=O. The van der Waals surface area contributed by atoms with Crippen LogP contribution < -0.4 is 22.1 Å². The summed E-state index contributed by atoms with van der Waals surface area (Å²) in [5.41, 5.74) is 16.7. The van der Waals surface area contributed by atoms with Crippen LogP contribution in [0.1, 0.15) is 40.8 Å². The van der Waals surface area contributed by atoms with Gasteiger partial charge >= 0.3 is 0 Å². The van der Waals surface area contributed by atoms with Gasteiger partial charge in [-0.15, -0.1) is 11.3 Å². The van der Waals surface area contributed by atoms with Crippen LogP contribution in [0.2, 0.25) is 0 Å². The first-order valence-electron chi connectivity index (χ1n) is 6.06.